The average Bonchev–Trinajstić information content (AvgIpc) is 2.99. The second-order valence-electron chi connectivity index (χ2n) is 12.3. The Morgan fingerprint density at radius 2 is 1.00 bits per heavy atom. The molecule has 39 heavy (non-hydrogen) atoms. The molecule has 0 aliphatic heterocycles. The predicted molar refractivity (Wildman–Crippen MR) is 169 cm³/mol. The number of hydrogen-bond donors (Lipinski definition) is 0. The van der Waals surface area contributed by atoms with Crippen molar-refractivity contribution < 1.29 is 4.74 Å². The van der Waals surface area contributed by atoms with Crippen LogP contribution in [0.1, 0.15) is 138 Å². The van der Waals surface area contributed by atoms with Gasteiger partial charge in [0.05, 0.1) is 13.2 Å². The SMILES string of the molecule is CCCCCCc1ccc(C2CC=C(COCC3=CCC(c4ccc(CCCCCC)cc4)CC3)CC2)cc1. The maximum Gasteiger partial charge on any atom is 0.0681 e. The highest BCUT2D eigenvalue weighted by Gasteiger charge is 2.18. The minimum absolute atomic E-state index is 0.677. The number of hydrogen-bond acceptors (Lipinski definition) is 1. The third kappa shape index (κ3) is 10.1. The van der Waals surface area contributed by atoms with Crippen LogP contribution in [0.15, 0.2) is 71.8 Å². The molecule has 0 bridgehead atoms. The molecule has 2 aliphatic rings. The molecule has 0 saturated carbocycles. The Balaban J connectivity index is 1.13. The standard InChI is InChI=1S/C38H54O/c1-3-5-7-9-11-31-13-21-35(22-14-31)37-25-17-33(18-26-37)29-39-30-34-19-27-38(28-20-34)36-23-15-32(16-24-36)12-10-8-6-4-2/h13-17,19,21-24,37-38H,3-12,18,20,25-30H2,1-2H3. The second kappa shape index (κ2) is 16.9. The van der Waals surface area contributed by atoms with Gasteiger partial charge >= 0.3 is 0 Å². The molecular weight excluding hydrogens is 472 g/mol. The smallest absolute Gasteiger partial charge is 0.0681 e. The third-order valence-corrected chi connectivity index (χ3v) is 9.13. The van der Waals surface area contributed by atoms with Gasteiger partial charge in [0.2, 0.25) is 0 Å². The van der Waals surface area contributed by atoms with Gasteiger partial charge in [-0.1, -0.05) is 113 Å². The molecule has 0 N–H and O–H groups in total. The van der Waals surface area contributed by atoms with Crippen molar-refractivity contribution in [2.45, 2.75) is 128 Å². The lowest BCUT2D eigenvalue weighted by molar-refractivity contribution is 0.172. The lowest BCUT2D eigenvalue weighted by Gasteiger charge is -2.24. The summed E-state index contributed by atoms with van der Waals surface area (Å²) in [6.07, 6.45) is 25.3. The molecule has 0 saturated heterocycles. The Hall–Kier alpha value is -2.12. The van der Waals surface area contributed by atoms with E-state index in [4.69, 9.17) is 4.74 Å². The van der Waals surface area contributed by atoms with E-state index >= 15 is 0 Å². The molecule has 2 aromatic rings. The fourth-order valence-corrected chi connectivity index (χ4v) is 6.38. The van der Waals surface area contributed by atoms with E-state index in [-0.39, 0.29) is 0 Å². The van der Waals surface area contributed by atoms with E-state index in [0.717, 1.165) is 26.1 Å². The lowest BCUT2D eigenvalue weighted by Crippen LogP contribution is -2.11. The van der Waals surface area contributed by atoms with E-state index in [0.29, 0.717) is 11.8 Å². The van der Waals surface area contributed by atoms with Crippen molar-refractivity contribution >= 4 is 0 Å². The summed E-state index contributed by atoms with van der Waals surface area (Å²) in [5.74, 6) is 1.35. The Morgan fingerprint density at radius 3 is 1.36 bits per heavy atom. The molecule has 2 atom stereocenters. The minimum Gasteiger partial charge on any atom is -0.373 e. The molecule has 2 unspecified atom stereocenters. The summed E-state index contributed by atoms with van der Waals surface area (Å²) in [7, 11) is 0. The molecule has 0 amide bonds. The zero-order valence-electron chi connectivity index (χ0n) is 25.1. The molecule has 0 heterocycles. The quantitative estimate of drug-likeness (QED) is 0.156. The van der Waals surface area contributed by atoms with Gasteiger partial charge in [-0.15, -0.1) is 0 Å². The predicted octanol–water partition coefficient (Wildman–Crippen LogP) is 11.0. The third-order valence-electron chi connectivity index (χ3n) is 9.13. The van der Waals surface area contributed by atoms with Crippen molar-refractivity contribution in [2.24, 2.45) is 0 Å². The van der Waals surface area contributed by atoms with E-state index < -0.39 is 0 Å². The largest absolute Gasteiger partial charge is 0.373 e. The van der Waals surface area contributed by atoms with Crippen LogP contribution in [0.2, 0.25) is 0 Å². The molecule has 0 fully saturated rings. The van der Waals surface area contributed by atoms with Crippen molar-refractivity contribution in [3.8, 4) is 0 Å². The highest BCUT2D eigenvalue weighted by molar-refractivity contribution is 5.29. The Bertz CT molecular complexity index is 926. The van der Waals surface area contributed by atoms with Gasteiger partial charge < -0.3 is 4.74 Å². The topological polar surface area (TPSA) is 9.23 Å². The summed E-state index contributed by atoms with van der Waals surface area (Å²) < 4.78 is 6.20. The first-order valence-electron chi connectivity index (χ1n) is 16.4. The van der Waals surface area contributed by atoms with Gasteiger partial charge in [0.25, 0.3) is 0 Å². The van der Waals surface area contributed by atoms with E-state index in [2.05, 4.69) is 74.5 Å². The summed E-state index contributed by atoms with van der Waals surface area (Å²) in [5, 5.41) is 0. The molecule has 0 spiro atoms. The van der Waals surface area contributed by atoms with E-state index in [9.17, 15) is 0 Å². The Labute approximate surface area is 240 Å². The maximum absolute atomic E-state index is 6.20. The first-order chi connectivity index (χ1) is 19.2. The summed E-state index contributed by atoms with van der Waals surface area (Å²) in [6, 6.07) is 19.0. The number of allylic oxidation sites excluding steroid dienone is 2. The summed E-state index contributed by atoms with van der Waals surface area (Å²) in [5.41, 5.74) is 9.05. The maximum atomic E-state index is 6.20. The molecule has 2 aliphatic carbocycles. The van der Waals surface area contributed by atoms with Crippen LogP contribution in [-0.4, -0.2) is 13.2 Å². The van der Waals surface area contributed by atoms with E-state index in [1.54, 1.807) is 0 Å². The van der Waals surface area contributed by atoms with Crippen molar-refractivity contribution in [3.63, 3.8) is 0 Å². The number of ether oxygens (including phenoxy) is 1. The van der Waals surface area contributed by atoms with Crippen LogP contribution in [0.4, 0.5) is 0 Å². The van der Waals surface area contributed by atoms with Crippen molar-refractivity contribution in [1.29, 1.82) is 0 Å². The van der Waals surface area contributed by atoms with Gasteiger partial charge in [-0.2, -0.15) is 0 Å². The Kier molecular flexibility index (Phi) is 12.9. The van der Waals surface area contributed by atoms with Crippen molar-refractivity contribution in [2.75, 3.05) is 13.2 Å². The van der Waals surface area contributed by atoms with Gasteiger partial charge in [-0.05, 0) is 109 Å². The van der Waals surface area contributed by atoms with Crippen LogP contribution in [0.5, 0.6) is 0 Å². The molecule has 4 rings (SSSR count). The number of rotatable bonds is 16. The first-order valence-corrected chi connectivity index (χ1v) is 16.4. The molecule has 0 radical (unpaired) electrons. The van der Waals surface area contributed by atoms with Crippen LogP contribution in [0.3, 0.4) is 0 Å². The van der Waals surface area contributed by atoms with Crippen LogP contribution in [0, 0.1) is 0 Å². The minimum atomic E-state index is 0.677. The van der Waals surface area contributed by atoms with Crippen LogP contribution in [0.25, 0.3) is 0 Å². The van der Waals surface area contributed by atoms with Gasteiger partial charge in [-0.25, -0.2) is 0 Å². The molecule has 1 nitrogen and oxygen atoms in total. The lowest BCUT2D eigenvalue weighted by atomic mass is 9.84. The first kappa shape index (κ1) is 29.9. The number of aryl methyl sites for hydroxylation is 2. The molecule has 1 heteroatoms. The van der Waals surface area contributed by atoms with E-state index in [1.165, 1.54) is 123 Å². The van der Waals surface area contributed by atoms with Gasteiger partial charge in [0.1, 0.15) is 0 Å². The van der Waals surface area contributed by atoms with Gasteiger partial charge in [0.15, 0.2) is 0 Å². The zero-order chi connectivity index (χ0) is 27.1. The molecule has 212 valence electrons. The Morgan fingerprint density at radius 1 is 0.564 bits per heavy atom. The molecular formula is C38H54O. The van der Waals surface area contributed by atoms with Crippen molar-refractivity contribution in [3.05, 3.63) is 94.1 Å². The fraction of sp³-hybridized carbons (Fsp3) is 0.579. The van der Waals surface area contributed by atoms with E-state index in [1.807, 2.05) is 0 Å². The monoisotopic (exact) mass is 526 g/mol. The highest BCUT2D eigenvalue weighted by Crippen LogP contribution is 2.34. The fourth-order valence-electron chi connectivity index (χ4n) is 6.38. The van der Waals surface area contributed by atoms with Gasteiger partial charge in [-0.3, -0.25) is 0 Å². The summed E-state index contributed by atoms with van der Waals surface area (Å²) in [4.78, 5) is 0. The zero-order valence-corrected chi connectivity index (χ0v) is 25.1. The second-order valence-corrected chi connectivity index (χ2v) is 12.3. The number of unbranched alkanes of at least 4 members (excludes halogenated alkanes) is 6. The number of benzene rings is 2. The van der Waals surface area contributed by atoms with Crippen LogP contribution in [-0.2, 0) is 17.6 Å². The molecule has 0 aromatic heterocycles. The average molecular weight is 527 g/mol. The molecule has 2 aromatic carbocycles. The van der Waals surface area contributed by atoms with Crippen molar-refractivity contribution in [1.82, 2.24) is 0 Å². The van der Waals surface area contributed by atoms with Crippen LogP contribution >= 0.6 is 0 Å². The van der Waals surface area contributed by atoms with Crippen LogP contribution < -0.4 is 0 Å². The summed E-state index contributed by atoms with van der Waals surface area (Å²) >= 11 is 0. The highest BCUT2D eigenvalue weighted by atomic mass is 16.5. The normalized spacial score (nSPS) is 19.5. The van der Waals surface area contributed by atoms with Gasteiger partial charge in [0, 0.05) is 0 Å². The summed E-state index contributed by atoms with van der Waals surface area (Å²) in [6.45, 7) is 6.18.